The van der Waals surface area contributed by atoms with Crippen LogP contribution in [0.15, 0.2) is 46.2 Å². The van der Waals surface area contributed by atoms with Crippen LogP contribution in [0.3, 0.4) is 0 Å². The summed E-state index contributed by atoms with van der Waals surface area (Å²) in [6.45, 7) is 4.87. The van der Waals surface area contributed by atoms with Crippen LogP contribution in [0.1, 0.15) is 24.2 Å². The van der Waals surface area contributed by atoms with Crippen molar-refractivity contribution in [2.75, 3.05) is 45.2 Å². The second-order valence-electron chi connectivity index (χ2n) is 8.01. The van der Waals surface area contributed by atoms with Crippen LogP contribution in [0.2, 0.25) is 0 Å². The molecule has 13 heteroatoms. The Balaban J connectivity index is 1.98. The summed E-state index contributed by atoms with van der Waals surface area (Å²) in [5.41, 5.74) is 0.0118. The van der Waals surface area contributed by atoms with Gasteiger partial charge in [0.2, 0.25) is 10.0 Å². The molecular weight excluding hydrogens is 498 g/mol. The van der Waals surface area contributed by atoms with Gasteiger partial charge in [0.25, 0.3) is 15.9 Å². The van der Waals surface area contributed by atoms with E-state index in [0.717, 1.165) is 0 Å². The van der Waals surface area contributed by atoms with E-state index in [1.165, 1.54) is 50.6 Å². The lowest BCUT2D eigenvalue weighted by molar-refractivity contribution is 0.0300. The van der Waals surface area contributed by atoms with E-state index in [2.05, 4.69) is 9.44 Å². The van der Waals surface area contributed by atoms with Crippen LogP contribution in [-0.2, 0) is 24.8 Å². The summed E-state index contributed by atoms with van der Waals surface area (Å²) in [6, 6.07) is 7.40. The number of amides is 1. The van der Waals surface area contributed by atoms with Crippen molar-refractivity contribution in [2.45, 2.75) is 29.7 Å². The summed E-state index contributed by atoms with van der Waals surface area (Å²) in [6.07, 6.45) is 0. The summed E-state index contributed by atoms with van der Waals surface area (Å²) in [7, 11) is -5.40. The quantitative estimate of drug-likeness (QED) is 0.502. The summed E-state index contributed by atoms with van der Waals surface area (Å²) in [4.78, 5) is 14.3. The van der Waals surface area contributed by atoms with Gasteiger partial charge in [-0.1, -0.05) is 0 Å². The average molecular weight is 528 g/mol. The average Bonchev–Trinajstić information content (AvgIpc) is 2.82. The third-order valence-electron chi connectivity index (χ3n) is 5.13. The number of carbonyl (C=O) groups is 1. The van der Waals surface area contributed by atoms with Crippen molar-refractivity contribution in [3.8, 4) is 11.5 Å². The standard InChI is InChI=1S/C22H29N3O8S2/c1-15(2)23-34(27,28)17-6-8-21(32-4)19(14-17)24-35(29,30)16-5-7-20(31-3)18(13-16)22(26)25-9-11-33-12-10-25/h5-8,13-15,23-24H,9-12H2,1-4H3. The predicted octanol–water partition coefficient (Wildman–Crippen LogP) is 1.66. The Morgan fingerprint density at radius 1 is 0.914 bits per heavy atom. The van der Waals surface area contributed by atoms with Gasteiger partial charge in [-0.25, -0.2) is 21.6 Å². The Hall–Kier alpha value is -2.87. The van der Waals surface area contributed by atoms with Crippen molar-refractivity contribution in [3.05, 3.63) is 42.0 Å². The number of hydrogen-bond donors (Lipinski definition) is 2. The zero-order valence-electron chi connectivity index (χ0n) is 19.9. The fourth-order valence-corrected chi connectivity index (χ4v) is 5.84. The molecule has 1 aliphatic rings. The van der Waals surface area contributed by atoms with Crippen LogP contribution in [0.5, 0.6) is 11.5 Å². The van der Waals surface area contributed by atoms with Crippen LogP contribution in [0.25, 0.3) is 0 Å². The van der Waals surface area contributed by atoms with Crippen LogP contribution in [0, 0.1) is 0 Å². The summed E-state index contributed by atoms with van der Waals surface area (Å²) >= 11 is 0. The Labute approximate surface area is 205 Å². The van der Waals surface area contributed by atoms with Crippen molar-refractivity contribution in [2.24, 2.45) is 0 Å². The predicted molar refractivity (Wildman–Crippen MR) is 129 cm³/mol. The summed E-state index contributed by atoms with van der Waals surface area (Å²) in [5.74, 6) is -0.0336. The van der Waals surface area contributed by atoms with Crippen LogP contribution in [-0.4, -0.2) is 74.2 Å². The fourth-order valence-electron chi connectivity index (χ4n) is 3.47. The number of nitrogens with zero attached hydrogens (tertiary/aromatic N) is 1. The number of methoxy groups -OCH3 is 2. The highest BCUT2D eigenvalue weighted by Gasteiger charge is 2.26. The molecule has 1 amide bonds. The van der Waals surface area contributed by atoms with Gasteiger partial charge < -0.3 is 19.1 Å². The largest absolute Gasteiger partial charge is 0.496 e. The van der Waals surface area contributed by atoms with E-state index in [-0.39, 0.29) is 44.5 Å². The van der Waals surface area contributed by atoms with E-state index in [0.29, 0.717) is 26.3 Å². The molecule has 0 aromatic heterocycles. The van der Waals surface area contributed by atoms with E-state index in [4.69, 9.17) is 14.2 Å². The summed E-state index contributed by atoms with van der Waals surface area (Å²) in [5, 5.41) is 0. The zero-order valence-corrected chi connectivity index (χ0v) is 21.5. The Morgan fingerprint density at radius 3 is 2.06 bits per heavy atom. The van der Waals surface area contributed by atoms with Crippen LogP contribution < -0.4 is 18.9 Å². The topological polar surface area (TPSA) is 140 Å². The van der Waals surface area contributed by atoms with Gasteiger partial charge in [0, 0.05) is 19.1 Å². The maximum absolute atomic E-state index is 13.2. The van der Waals surface area contributed by atoms with E-state index < -0.39 is 20.0 Å². The molecule has 3 rings (SSSR count). The first-order valence-corrected chi connectivity index (χ1v) is 13.7. The molecule has 2 aromatic rings. The molecule has 1 fully saturated rings. The monoisotopic (exact) mass is 527 g/mol. The molecule has 0 spiro atoms. The molecule has 1 aliphatic heterocycles. The first kappa shape index (κ1) is 26.7. The number of morpholine rings is 1. The normalized spacial score (nSPS) is 14.6. The molecule has 11 nitrogen and oxygen atoms in total. The fraction of sp³-hybridized carbons (Fsp3) is 0.409. The number of rotatable bonds is 9. The molecule has 1 saturated heterocycles. The highest BCUT2D eigenvalue weighted by atomic mass is 32.2. The van der Waals surface area contributed by atoms with Gasteiger partial charge in [-0.3, -0.25) is 9.52 Å². The van der Waals surface area contributed by atoms with E-state index in [1.54, 1.807) is 18.7 Å². The molecule has 0 radical (unpaired) electrons. The number of hydrogen-bond acceptors (Lipinski definition) is 8. The lowest BCUT2D eigenvalue weighted by Crippen LogP contribution is -2.40. The number of ether oxygens (including phenoxy) is 3. The third-order valence-corrected chi connectivity index (χ3v) is 8.15. The molecule has 1 heterocycles. The Morgan fingerprint density at radius 2 is 1.49 bits per heavy atom. The second kappa shape index (κ2) is 10.8. The van der Waals surface area contributed by atoms with Gasteiger partial charge in [0.15, 0.2) is 0 Å². The number of benzene rings is 2. The van der Waals surface area contributed by atoms with E-state index in [9.17, 15) is 21.6 Å². The first-order chi connectivity index (χ1) is 16.5. The van der Waals surface area contributed by atoms with Crippen molar-refractivity contribution in [3.63, 3.8) is 0 Å². The van der Waals surface area contributed by atoms with E-state index >= 15 is 0 Å². The lowest BCUT2D eigenvalue weighted by atomic mass is 10.1. The molecule has 0 saturated carbocycles. The Bertz CT molecular complexity index is 1290. The van der Waals surface area contributed by atoms with Crippen LogP contribution >= 0.6 is 0 Å². The molecule has 0 atom stereocenters. The van der Waals surface area contributed by atoms with Crippen molar-refractivity contribution >= 4 is 31.6 Å². The molecular formula is C22H29N3O8S2. The highest BCUT2D eigenvalue weighted by Crippen LogP contribution is 2.31. The number of nitrogens with one attached hydrogen (secondary N) is 2. The van der Waals surface area contributed by atoms with Crippen molar-refractivity contribution in [1.29, 1.82) is 0 Å². The lowest BCUT2D eigenvalue weighted by Gasteiger charge is -2.27. The van der Waals surface area contributed by atoms with Gasteiger partial charge in [-0.2, -0.15) is 0 Å². The minimum atomic E-state index is -4.24. The highest BCUT2D eigenvalue weighted by molar-refractivity contribution is 7.92. The van der Waals surface area contributed by atoms with Gasteiger partial charge >= 0.3 is 0 Å². The van der Waals surface area contributed by atoms with E-state index in [1.807, 2.05) is 0 Å². The number of anilines is 1. The Kier molecular flexibility index (Phi) is 8.26. The van der Waals surface area contributed by atoms with Crippen molar-refractivity contribution in [1.82, 2.24) is 9.62 Å². The van der Waals surface area contributed by atoms with Gasteiger partial charge in [0.1, 0.15) is 11.5 Å². The van der Waals surface area contributed by atoms with Gasteiger partial charge in [0.05, 0.1) is 48.5 Å². The smallest absolute Gasteiger partial charge is 0.262 e. The maximum Gasteiger partial charge on any atom is 0.262 e. The summed E-state index contributed by atoms with van der Waals surface area (Å²) < 4.78 is 72.2. The molecule has 0 aliphatic carbocycles. The van der Waals surface area contributed by atoms with Crippen molar-refractivity contribution < 1.29 is 35.8 Å². The molecule has 35 heavy (non-hydrogen) atoms. The molecule has 192 valence electrons. The van der Waals surface area contributed by atoms with Crippen LogP contribution in [0.4, 0.5) is 5.69 Å². The minimum absolute atomic E-state index is 0.0731. The third kappa shape index (κ3) is 6.23. The maximum atomic E-state index is 13.2. The zero-order chi connectivity index (χ0) is 25.8. The molecule has 2 aromatic carbocycles. The van der Waals surface area contributed by atoms with Gasteiger partial charge in [-0.15, -0.1) is 0 Å². The molecule has 2 N–H and O–H groups in total. The number of carbonyl (C=O) groups excluding carboxylic acids is 1. The number of sulfonamides is 2. The first-order valence-electron chi connectivity index (χ1n) is 10.8. The SMILES string of the molecule is COc1ccc(S(=O)(=O)NC(C)C)cc1NS(=O)(=O)c1ccc(OC)c(C(=O)N2CCOCC2)c1. The minimum Gasteiger partial charge on any atom is -0.496 e. The second-order valence-corrected chi connectivity index (χ2v) is 11.4. The van der Waals surface area contributed by atoms with Gasteiger partial charge in [-0.05, 0) is 50.2 Å². The molecule has 0 bridgehead atoms. The molecule has 0 unspecified atom stereocenters.